The second-order valence-corrected chi connectivity index (χ2v) is 4.59. The SMILES string of the molecule is COC(CN)CC(=O)N(C)c1ccc(C)c(Cl)c1. The molecule has 0 aliphatic rings. The van der Waals surface area contributed by atoms with Crippen molar-refractivity contribution in [3.05, 3.63) is 28.8 Å². The summed E-state index contributed by atoms with van der Waals surface area (Å²) >= 11 is 6.04. The topological polar surface area (TPSA) is 55.6 Å². The molecule has 1 amide bonds. The second-order valence-electron chi connectivity index (χ2n) is 4.18. The molecule has 0 aliphatic carbocycles. The van der Waals surface area contributed by atoms with Gasteiger partial charge in [-0.1, -0.05) is 17.7 Å². The Morgan fingerprint density at radius 3 is 2.72 bits per heavy atom. The van der Waals surface area contributed by atoms with Gasteiger partial charge in [-0.15, -0.1) is 0 Å². The number of carbonyl (C=O) groups is 1. The number of hydrogen-bond acceptors (Lipinski definition) is 3. The number of benzene rings is 1. The number of nitrogens with zero attached hydrogens (tertiary/aromatic N) is 1. The van der Waals surface area contributed by atoms with E-state index in [9.17, 15) is 4.79 Å². The van der Waals surface area contributed by atoms with Crippen LogP contribution in [0.25, 0.3) is 0 Å². The summed E-state index contributed by atoms with van der Waals surface area (Å²) in [6.45, 7) is 2.24. The molecule has 1 rings (SSSR count). The van der Waals surface area contributed by atoms with Gasteiger partial charge in [0, 0.05) is 31.4 Å². The van der Waals surface area contributed by atoms with Crippen LogP contribution in [0.2, 0.25) is 5.02 Å². The van der Waals surface area contributed by atoms with E-state index in [0.29, 0.717) is 11.6 Å². The lowest BCUT2D eigenvalue weighted by Gasteiger charge is -2.20. The van der Waals surface area contributed by atoms with E-state index in [1.54, 1.807) is 25.1 Å². The van der Waals surface area contributed by atoms with Gasteiger partial charge in [-0.25, -0.2) is 0 Å². The van der Waals surface area contributed by atoms with Crippen molar-refractivity contribution in [1.29, 1.82) is 0 Å². The Morgan fingerprint density at radius 1 is 1.56 bits per heavy atom. The summed E-state index contributed by atoms with van der Waals surface area (Å²) in [7, 11) is 3.26. The summed E-state index contributed by atoms with van der Waals surface area (Å²) in [6.07, 6.45) is 0.00973. The zero-order valence-electron chi connectivity index (χ0n) is 10.9. The molecular formula is C13H19ClN2O2. The van der Waals surface area contributed by atoms with E-state index < -0.39 is 0 Å². The summed E-state index contributed by atoms with van der Waals surface area (Å²) in [5.41, 5.74) is 7.25. The van der Waals surface area contributed by atoms with E-state index in [1.165, 1.54) is 0 Å². The van der Waals surface area contributed by atoms with Gasteiger partial charge in [0.05, 0.1) is 12.5 Å². The second kappa shape index (κ2) is 6.73. The van der Waals surface area contributed by atoms with Gasteiger partial charge in [0.1, 0.15) is 0 Å². The Bertz CT molecular complexity index is 419. The minimum Gasteiger partial charge on any atom is -0.380 e. The Hall–Kier alpha value is -1.10. The van der Waals surface area contributed by atoms with Crippen molar-refractivity contribution in [3.63, 3.8) is 0 Å². The molecule has 100 valence electrons. The Morgan fingerprint density at radius 2 is 2.22 bits per heavy atom. The predicted octanol–water partition coefficient (Wildman–Crippen LogP) is 1.98. The molecule has 4 nitrogen and oxygen atoms in total. The fraction of sp³-hybridized carbons (Fsp3) is 0.462. The molecule has 18 heavy (non-hydrogen) atoms. The number of aryl methyl sites for hydroxylation is 1. The summed E-state index contributed by atoms with van der Waals surface area (Å²) in [5, 5.41) is 0.647. The van der Waals surface area contributed by atoms with Gasteiger partial charge in [0.25, 0.3) is 0 Å². The highest BCUT2D eigenvalue weighted by molar-refractivity contribution is 6.31. The highest BCUT2D eigenvalue weighted by Gasteiger charge is 2.16. The van der Waals surface area contributed by atoms with Crippen LogP contribution in [0.15, 0.2) is 18.2 Å². The summed E-state index contributed by atoms with van der Waals surface area (Å²) in [4.78, 5) is 13.6. The van der Waals surface area contributed by atoms with E-state index in [2.05, 4.69) is 0 Å². The van der Waals surface area contributed by atoms with Crippen molar-refractivity contribution in [1.82, 2.24) is 0 Å². The minimum atomic E-state index is -0.249. The van der Waals surface area contributed by atoms with Crippen molar-refractivity contribution >= 4 is 23.2 Å². The highest BCUT2D eigenvalue weighted by Crippen LogP contribution is 2.23. The maximum absolute atomic E-state index is 12.0. The molecule has 0 aliphatic heterocycles. The zero-order valence-corrected chi connectivity index (χ0v) is 11.7. The van der Waals surface area contributed by atoms with Gasteiger partial charge in [0.2, 0.25) is 5.91 Å². The number of ether oxygens (including phenoxy) is 1. The first-order valence-electron chi connectivity index (χ1n) is 5.75. The van der Waals surface area contributed by atoms with Crippen molar-refractivity contribution in [2.45, 2.75) is 19.4 Å². The molecule has 0 aromatic heterocycles. The summed E-state index contributed by atoms with van der Waals surface area (Å²) < 4.78 is 5.10. The standard InChI is InChI=1S/C13H19ClN2O2/c1-9-4-5-10(6-12(9)14)16(2)13(17)7-11(8-15)18-3/h4-6,11H,7-8,15H2,1-3H3. The van der Waals surface area contributed by atoms with Gasteiger partial charge >= 0.3 is 0 Å². The molecule has 1 atom stereocenters. The highest BCUT2D eigenvalue weighted by atomic mass is 35.5. The lowest BCUT2D eigenvalue weighted by atomic mass is 10.2. The van der Waals surface area contributed by atoms with E-state index in [0.717, 1.165) is 11.3 Å². The van der Waals surface area contributed by atoms with Gasteiger partial charge in [-0.05, 0) is 24.6 Å². The van der Waals surface area contributed by atoms with Crippen molar-refractivity contribution in [2.75, 3.05) is 25.6 Å². The molecule has 0 radical (unpaired) electrons. The van der Waals surface area contributed by atoms with Crippen molar-refractivity contribution in [3.8, 4) is 0 Å². The van der Waals surface area contributed by atoms with Crippen LogP contribution in [0.5, 0.6) is 0 Å². The number of anilines is 1. The van der Waals surface area contributed by atoms with Crippen molar-refractivity contribution < 1.29 is 9.53 Å². The number of rotatable bonds is 5. The fourth-order valence-corrected chi connectivity index (χ4v) is 1.70. The molecule has 0 saturated carbocycles. The number of methoxy groups -OCH3 is 1. The lowest BCUT2D eigenvalue weighted by molar-refractivity contribution is -0.120. The third-order valence-electron chi connectivity index (χ3n) is 2.92. The molecule has 1 aromatic carbocycles. The van der Waals surface area contributed by atoms with Gasteiger partial charge in [-0.3, -0.25) is 4.79 Å². The molecule has 0 heterocycles. The van der Waals surface area contributed by atoms with Crippen LogP contribution in [0.3, 0.4) is 0 Å². The van der Waals surface area contributed by atoms with E-state index >= 15 is 0 Å². The molecule has 1 aromatic rings. The molecule has 0 spiro atoms. The first-order valence-corrected chi connectivity index (χ1v) is 6.13. The number of carbonyl (C=O) groups excluding carboxylic acids is 1. The monoisotopic (exact) mass is 270 g/mol. The molecule has 0 saturated heterocycles. The minimum absolute atomic E-state index is 0.0489. The smallest absolute Gasteiger partial charge is 0.229 e. The normalized spacial score (nSPS) is 12.3. The summed E-state index contributed by atoms with van der Waals surface area (Å²) in [6, 6.07) is 5.53. The zero-order chi connectivity index (χ0) is 13.7. The largest absolute Gasteiger partial charge is 0.380 e. The maximum Gasteiger partial charge on any atom is 0.229 e. The molecule has 5 heteroatoms. The molecule has 0 bridgehead atoms. The Labute approximate surface area is 113 Å². The lowest BCUT2D eigenvalue weighted by Crippen LogP contribution is -2.33. The van der Waals surface area contributed by atoms with Gasteiger partial charge < -0.3 is 15.4 Å². The number of nitrogens with two attached hydrogens (primary N) is 1. The molecule has 0 fully saturated rings. The van der Waals surface area contributed by atoms with Crippen LogP contribution in [0.1, 0.15) is 12.0 Å². The number of halogens is 1. The average molecular weight is 271 g/mol. The van der Waals surface area contributed by atoms with Crippen molar-refractivity contribution in [2.24, 2.45) is 5.73 Å². The Kier molecular flexibility index (Phi) is 5.59. The third-order valence-corrected chi connectivity index (χ3v) is 3.32. The first-order chi connectivity index (χ1) is 8.49. The number of hydrogen-bond donors (Lipinski definition) is 1. The maximum atomic E-state index is 12.0. The average Bonchev–Trinajstić information content (AvgIpc) is 2.38. The molecule has 2 N–H and O–H groups in total. The van der Waals surface area contributed by atoms with E-state index in [4.69, 9.17) is 22.1 Å². The van der Waals surface area contributed by atoms with Crippen LogP contribution in [0, 0.1) is 6.92 Å². The van der Waals surface area contributed by atoms with Crippen LogP contribution in [-0.4, -0.2) is 32.7 Å². The predicted molar refractivity (Wildman–Crippen MR) is 74.1 cm³/mol. The molecular weight excluding hydrogens is 252 g/mol. The van der Waals surface area contributed by atoms with Crippen LogP contribution in [-0.2, 0) is 9.53 Å². The van der Waals surface area contributed by atoms with E-state index in [1.807, 2.05) is 19.1 Å². The fourth-order valence-electron chi connectivity index (χ4n) is 1.53. The molecule has 1 unspecified atom stereocenters. The van der Waals surface area contributed by atoms with Crippen LogP contribution >= 0.6 is 11.6 Å². The number of amides is 1. The van der Waals surface area contributed by atoms with Crippen LogP contribution in [0.4, 0.5) is 5.69 Å². The van der Waals surface area contributed by atoms with Crippen LogP contribution < -0.4 is 10.6 Å². The third kappa shape index (κ3) is 3.70. The van der Waals surface area contributed by atoms with Gasteiger partial charge in [0.15, 0.2) is 0 Å². The first kappa shape index (κ1) is 15.0. The van der Waals surface area contributed by atoms with Gasteiger partial charge in [-0.2, -0.15) is 0 Å². The summed E-state index contributed by atoms with van der Waals surface area (Å²) in [5.74, 6) is -0.0489. The quantitative estimate of drug-likeness (QED) is 0.890. The Balaban J connectivity index is 2.76. The van der Waals surface area contributed by atoms with E-state index in [-0.39, 0.29) is 18.4 Å².